The van der Waals surface area contributed by atoms with Crippen molar-refractivity contribution in [2.75, 3.05) is 0 Å². The Labute approximate surface area is 95.7 Å². The molecule has 2 aromatic rings. The monoisotopic (exact) mass is 267 g/mol. The molecule has 0 fully saturated rings. The molecule has 0 aliphatic heterocycles. The van der Waals surface area contributed by atoms with Gasteiger partial charge in [-0.1, -0.05) is 12.1 Å². The predicted molar refractivity (Wildman–Crippen MR) is 59.1 cm³/mol. The third kappa shape index (κ3) is 2.04. The van der Waals surface area contributed by atoms with E-state index in [4.69, 9.17) is 0 Å². The van der Waals surface area contributed by atoms with Gasteiger partial charge in [0.2, 0.25) is 0 Å². The van der Waals surface area contributed by atoms with Gasteiger partial charge in [0.1, 0.15) is 16.1 Å². The molecule has 0 unspecified atom stereocenters. The van der Waals surface area contributed by atoms with Crippen LogP contribution in [0.25, 0.3) is 11.4 Å². The van der Waals surface area contributed by atoms with Crippen LogP contribution >= 0.6 is 15.9 Å². The summed E-state index contributed by atoms with van der Waals surface area (Å²) in [6.45, 7) is 2.02. The van der Waals surface area contributed by atoms with Crippen molar-refractivity contribution in [2.45, 2.75) is 13.3 Å². The summed E-state index contributed by atoms with van der Waals surface area (Å²) in [5.41, 5.74) is 1.72. The Hall–Kier alpha value is -1.30. The molecule has 0 atom stereocenters. The van der Waals surface area contributed by atoms with Crippen molar-refractivity contribution in [3.8, 4) is 11.4 Å². The molecule has 0 saturated carbocycles. The molecule has 6 heteroatoms. The molecule has 78 valence electrons. The quantitative estimate of drug-likeness (QED) is 0.776. The van der Waals surface area contributed by atoms with Crippen molar-refractivity contribution in [3.63, 3.8) is 0 Å². The van der Waals surface area contributed by atoms with E-state index in [1.165, 1.54) is 0 Å². The summed E-state index contributed by atoms with van der Waals surface area (Å²) >= 11 is 3.36. The van der Waals surface area contributed by atoms with Crippen LogP contribution in [0.5, 0.6) is 0 Å². The molecular formula is C9H10BrN5. The van der Waals surface area contributed by atoms with Crippen molar-refractivity contribution >= 4 is 15.9 Å². The molecule has 0 bridgehead atoms. The summed E-state index contributed by atoms with van der Waals surface area (Å²) in [5.74, 6) is 0.806. The highest BCUT2D eigenvalue weighted by Crippen LogP contribution is 2.18. The van der Waals surface area contributed by atoms with Crippen LogP contribution in [0.4, 0.5) is 0 Å². The third-order valence-electron chi connectivity index (χ3n) is 2.03. The number of aryl methyl sites for hydroxylation is 2. The minimum atomic E-state index is 0.783. The van der Waals surface area contributed by atoms with Crippen LogP contribution in [0, 0.1) is 0 Å². The van der Waals surface area contributed by atoms with Gasteiger partial charge >= 0.3 is 0 Å². The molecule has 0 amide bonds. The van der Waals surface area contributed by atoms with E-state index in [0.29, 0.717) is 0 Å². The molecule has 15 heavy (non-hydrogen) atoms. The maximum absolute atomic E-state index is 4.41. The van der Waals surface area contributed by atoms with E-state index in [-0.39, 0.29) is 0 Å². The second kappa shape index (κ2) is 4.06. The van der Waals surface area contributed by atoms with Gasteiger partial charge in [0.05, 0.1) is 11.9 Å². The maximum Gasteiger partial charge on any atom is 0.130 e. The summed E-state index contributed by atoms with van der Waals surface area (Å²) in [6, 6.07) is 1.86. The zero-order valence-electron chi connectivity index (χ0n) is 8.48. The fourth-order valence-electron chi connectivity index (χ4n) is 1.28. The summed E-state index contributed by atoms with van der Waals surface area (Å²) in [7, 11) is 1.84. The van der Waals surface area contributed by atoms with Crippen LogP contribution in [0.15, 0.2) is 16.9 Å². The average molecular weight is 268 g/mol. The van der Waals surface area contributed by atoms with E-state index in [1.54, 1.807) is 10.9 Å². The summed E-state index contributed by atoms with van der Waals surface area (Å²) < 4.78 is 2.47. The summed E-state index contributed by atoms with van der Waals surface area (Å²) in [6.07, 6.45) is 2.49. The number of halogens is 1. The molecule has 0 spiro atoms. The Bertz CT molecular complexity index is 479. The van der Waals surface area contributed by atoms with Crippen LogP contribution in [0.1, 0.15) is 12.7 Å². The molecule has 0 aromatic carbocycles. The molecule has 5 nitrogen and oxygen atoms in total. The molecule has 2 aromatic heterocycles. The first-order valence-corrected chi connectivity index (χ1v) is 5.38. The Morgan fingerprint density at radius 1 is 1.40 bits per heavy atom. The number of rotatable bonds is 2. The van der Waals surface area contributed by atoms with Gasteiger partial charge in [0, 0.05) is 13.5 Å². The molecular weight excluding hydrogens is 258 g/mol. The normalized spacial score (nSPS) is 10.6. The largest absolute Gasteiger partial charge is 0.246 e. The highest BCUT2D eigenvalue weighted by Gasteiger charge is 2.08. The van der Waals surface area contributed by atoms with E-state index in [2.05, 4.69) is 36.2 Å². The van der Waals surface area contributed by atoms with E-state index in [1.807, 2.05) is 20.0 Å². The highest BCUT2D eigenvalue weighted by molar-refractivity contribution is 9.10. The summed E-state index contributed by atoms with van der Waals surface area (Å²) in [4.78, 5) is 8.66. The van der Waals surface area contributed by atoms with Crippen molar-refractivity contribution < 1.29 is 0 Å². The second-order valence-electron chi connectivity index (χ2n) is 3.09. The van der Waals surface area contributed by atoms with Crippen LogP contribution in [0.3, 0.4) is 0 Å². The Kier molecular flexibility index (Phi) is 2.77. The fourth-order valence-corrected chi connectivity index (χ4v) is 1.70. The summed E-state index contributed by atoms with van der Waals surface area (Å²) in [5, 5.41) is 7.69. The minimum absolute atomic E-state index is 0.783. The predicted octanol–water partition coefficient (Wildman–Crippen LogP) is 1.60. The molecule has 0 aliphatic rings. The molecule has 0 radical (unpaired) electrons. The van der Waals surface area contributed by atoms with Gasteiger partial charge in [-0.2, -0.15) is 0 Å². The van der Waals surface area contributed by atoms with E-state index in [0.717, 1.165) is 28.2 Å². The Morgan fingerprint density at radius 2 is 2.20 bits per heavy atom. The first kappa shape index (κ1) is 10.2. The lowest BCUT2D eigenvalue weighted by Gasteiger charge is -2.03. The highest BCUT2D eigenvalue weighted by atomic mass is 79.9. The lowest BCUT2D eigenvalue weighted by Crippen LogP contribution is -1.99. The zero-order valence-corrected chi connectivity index (χ0v) is 10.1. The van der Waals surface area contributed by atoms with Gasteiger partial charge in [-0.25, -0.2) is 14.6 Å². The number of nitrogens with zero attached hydrogens (tertiary/aromatic N) is 5. The van der Waals surface area contributed by atoms with Crippen molar-refractivity contribution in [1.29, 1.82) is 0 Å². The van der Waals surface area contributed by atoms with Crippen LogP contribution in [-0.2, 0) is 13.5 Å². The Morgan fingerprint density at radius 3 is 2.80 bits per heavy atom. The van der Waals surface area contributed by atoms with E-state index < -0.39 is 0 Å². The molecule has 0 N–H and O–H groups in total. The fraction of sp³-hybridized carbons (Fsp3) is 0.333. The third-order valence-corrected chi connectivity index (χ3v) is 2.44. The van der Waals surface area contributed by atoms with Gasteiger partial charge in [0.15, 0.2) is 0 Å². The smallest absolute Gasteiger partial charge is 0.130 e. The van der Waals surface area contributed by atoms with E-state index in [9.17, 15) is 0 Å². The number of hydrogen-bond acceptors (Lipinski definition) is 4. The lowest BCUT2D eigenvalue weighted by atomic mass is 10.3. The van der Waals surface area contributed by atoms with Crippen LogP contribution in [0.2, 0.25) is 0 Å². The zero-order chi connectivity index (χ0) is 10.8. The maximum atomic E-state index is 4.41. The van der Waals surface area contributed by atoms with Crippen LogP contribution < -0.4 is 0 Å². The number of aromatic nitrogens is 5. The topological polar surface area (TPSA) is 56.5 Å². The average Bonchev–Trinajstić information content (AvgIpc) is 2.63. The Balaban J connectivity index is 2.53. The molecule has 0 saturated heterocycles. The molecule has 2 heterocycles. The SMILES string of the molecule is CCc1nc(Br)cc(-c2cnnn2C)n1. The van der Waals surface area contributed by atoms with Gasteiger partial charge in [-0.05, 0) is 22.0 Å². The van der Waals surface area contributed by atoms with Crippen molar-refractivity contribution in [1.82, 2.24) is 25.0 Å². The van der Waals surface area contributed by atoms with Gasteiger partial charge < -0.3 is 0 Å². The standard InChI is InChI=1S/C9H10BrN5/c1-3-9-12-6(4-8(10)13-9)7-5-11-14-15(7)2/h4-5H,3H2,1-2H3. The molecule has 2 rings (SSSR count). The number of hydrogen-bond donors (Lipinski definition) is 0. The second-order valence-corrected chi connectivity index (χ2v) is 3.90. The minimum Gasteiger partial charge on any atom is -0.246 e. The van der Waals surface area contributed by atoms with Crippen molar-refractivity contribution in [3.05, 3.63) is 22.7 Å². The van der Waals surface area contributed by atoms with Crippen LogP contribution in [-0.4, -0.2) is 25.0 Å². The van der Waals surface area contributed by atoms with E-state index >= 15 is 0 Å². The first-order valence-electron chi connectivity index (χ1n) is 4.59. The van der Waals surface area contributed by atoms with Gasteiger partial charge in [-0.3, -0.25) is 0 Å². The van der Waals surface area contributed by atoms with Crippen molar-refractivity contribution in [2.24, 2.45) is 7.05 Å². The lowest BCUT2D eigenvalue weighted by molar-refractivity contribution is 0.718. The van der Waals surface area contributed by atoms with Gasteiger partial charge in [-0.15, -0.1) is 5.10 Å². The van der Waals surface area contributed by atoms with Gasteiger partial charge in [0.25, 0.3) is 0 Å². The molecule has 0 aliphatic carbocycles. The first-order chi connectivity index (χ1) is 7.20.